The van der Waals surface area contributed by atoms with Crippen LogP contribution in [0.25, 0.3) is 0 Å². The summed E-state index contributed by atoms with van der Waals surface area (Å²) in [5.41, 5.74) is 0. The van der Waals surface area contributed by atoms with Crippen LogP contribution in [0.3, 0.4) is 0 Å². The predicted molar refractivity (Wildman–Crippen MR) is 232 cm³/mol. The van der Waals surface area contributed by atoms with E-state index in [2.05, 4.69) is 36.6 Å². The Labute approximate surface area is 340 Å². The monoisotopic (exact) mass is 775 g/mol. The van der Waals surface area contributed by atoms with E-state index in [0.29, 0.717) is 31.7 Å². The average Bonchev–Trinajstić information content (AvgIpc) is 3.17. The van der Waals surface area contributed by atoms with Crippen molar-refractivity contribution in [3.63, 3.8) is 0 Å². The van der Waals surface area contributed by atoms with Gasteiger partial charge < -0.3 is 14.2 Å². The van der Waals surface area contributed by atoms with Gasteiger partial charge in [-0.3, -0.25) is 19.4 Å². The average molecular weight is 775 g/mol. The summed E-state index contributed by atoms with van der Waals surface area (Å²) in [6, 6.07) is 0. The van der Waals surface area contributed by atoms with Gasteiger partial charge in [-0.15, -0.1) is 0 Å². The highest BCUT2D eigenvalue weighted by Gasteiger charge is 2.34. The maximum Gasteiger partial charge on any atom is 0.306 e. The van der Waals surface area contributed by atoms with E-state index in [-0.39, 0.29) is 18.0 Å². The first-order valence-electron chi connectivity index (χ1n) is 24.1. The number of carbonyl (C=O) groups is 2. The SMILES string of the molecule is CCCCCC/C=C\COC(=O)CCCCCCCN1CC2CN(CCCCCCCC(=O)OC(CCCCCCCC)CCCCCCCC)CC(C1)O2. The minimum Gasteiger partial charge on any atom is -0.462 e. The van der Waals surface area contributed by atoms with Crippen molar-refractivity contribution in [3.8, 4) is 0 Å². The van der Waals surface area contributed by atoms with Gasteiger partial charge in [-0.25, -0.2) is 0 Å². The molecule has 7 nitrogen and oxygen atoms in total. The molecule has 2 heterocycles. The Morgan fingerprint density at radius 2 is 0.945 bits per heavy atom. The number of hydrogen-bond acceptors (Lipinski definition) is 7. The highest BCUT2D eigenvalue weighted by molar-refractivity contribution is 5.69. The van der Waals surface area contributed by atoms with Crippen molar-refractivity contribution in [2.75, 3.05) is 45.9 Å². The number of nitrogens with zero attached hydrogens (tertiary/aromatic N) is 2. The Balaban J connectivity index is 1.46. The molecule has 2 aliphatic rings. The van der Waals surface area contributed by atoms with E-state index in [4.69, 9.17) is 14.2 Å². The summed E-state index contributed by atoms with van der Waals surface area (Å²) in [7, 11) is 0. The van der Waals surface area contributed by atoms with Crippen LogP contribution in [0, 0.1) is 0 Å². The third-order valence-corrected chi connectivity index (χ3v) is 11.7. The van der Waals surface area contributed by atoms with Crippen LogP contribution in [0.2, 0.25) is 0 Å². The summed E-state index contributed by atoms with van der Waals surface area (Å²) in [6.07, 6.45) is 41.3. The number of esters is 2. The number of carbonyl (C=O) groups excluding carboxylic acids is 2. The highest BCUT2D eigenvalue weighted by Crippen LogP contribution is 2.22. The smallest absolute Gasteiger partial charge is 0.306 e. The predicted octanol–water partition coefficient (Wildman–Crippen LogP) is 12.5. The molecule has 0 saturated carbocycles. The van der Waals surface area contributed by atoms with E-state index in [1.54, 1.807) is 0 Å². The lowest BCUT2D eigenvalue weighted by Gasteiger charge is -2.46. The zero-order valence-electron chi connectivity index (χ0n) is 36.7. The molecule has 0 aliphatic carbocycles. The topological polar surface area (TPSA) is 68.3 Å². The van der Waals surface area contributed by atoms with Crippen molar-refractivity contribution >= 4 is 11.9 Å². The molecule has 2 fully saturated rings. The minimum absolute atomic E-state index is 0.0390. The Morgan fingerprint density at radius 1 is 0.527 bits per heavy atom. The Morgan fingerprint density at radius 3 is 1.45 bits per heavy atom. The first-order valence-corrected chi connectivity index (χ1v) is 24.1. The summed E-state index contributed by atoms with van der Waals surface area (Å²) in [6.45, 7) is 13.7. The number of morpholine rings is 2. The standard InChI is InChI=1S/C48H90N2O5/c1-4-7-10-13-16-25-32-39-53-47(51)35-28-21-17-23-30-37-49-40-45-42-50(43-46(41-49)54-45)38-31-24-18-22-29-36-48(52)55-44(33-26-19-14-11-8-5-2)34-27-20-15-12-9-6-3/h25,32,44-46H,4-24,26-31,33-43H2,1-3H3/b32-25-. The van der Waals surface area contributed by atoms with Crippen molar-refractivity contribution < 1.29 is 23.8 Å². The lowest BCUT2D eigenvalue weighted by atomic mass is 10.0. The van der Waals surface area contributed by atoms with Gasteiger partial charge in [0.1, 0.15) is 12.7 Å². The number of rotatable bonds is 38. The molecule has 0 aromatic heterocycles. The molecule has 0 amide bonds. The molecular weight excluding hydrogens is 685 g/mol. The van der Waals surface area contributed by atoms with Gasteiger partial charge in [0.05, 0.1) is 12.2 Å². The number of unbranched alkanes of at least 4 members (excludes halogenated alkanes) is 22. The summed E-state index contributed by atoms with van der Waals surface area (Å²) in [5, 5.41) is 0. The fourth-order valence-corrected chi connectivity index (χ4v) is 8.40. The zero-order chi connectivity index (χ0) is 39.4. The molecule has 2 saturated heterocycles. The molecule has 0 N–H and O–H groups in total. The molecule has 0 radical (unpaired) electrons. The van der Waals surface area contributed by atoms with Crippen molar-refractivity contribution in [1.82, 2.24) is 9.80 Å². The fourth-order valence-electron chi connectivity index (χ4n) is 8.40. The van der Waals surface area contributed by atoms with Gasteiger partial charge in [0.15, 0.2) is 0 Å². The molecule has 2 aliphatic heterocycles. The lowest BCUT2D eigenvalue weighted by molar-refractivity contribution is -0.150. The fraction of sp³-hybridized carbons (Fsp3) is 0.917. The van der Waals surface area contributed by atoms with Gasteiger partial charge in [-0.2, -0.15) is 0 Å². The van der Waals surface area contributed by atoms with Crippen molar-refractivity contribution in [2.24, 2.45) is 0 Å². The highest BCUT2D eigenvalue weighted by atomic mass is 16.5. The lowest BCUT2D eigenvalue weighted by Crippen LogP contribution is -2.59. The van der Waals surface area contributed by atoms with Crippen LogP contribution in [-0.4, -0.2) is 85.9 Å². The number of hydrogen-bond donors (Lipinski definition) is 0. The maximum absolute atomic E-state index is 12.8. The van der Waals surface area contributed by atoms with Crippen LogP contribution in [0.4, 0.5) is 0 Å². The molecule has 2 unspecified atom stereocenters. The summed E-state index contributed by atoms with van der Waals surface area (Å²) >= 11 is 0. The van der Waals surface area contributed by atoms with Gasteiger partial charge in [-0.1, -0.05) is 155 Å². The zero-order valence-corrected chi connectivity index (χ0v) is 36.7. The molecule has 0 aromatic carbocycles. The van der Waals surface area contributed by atoms with Crippen molar-refractivity contribution in [3.05, 3.63) is 12.2 Å². The molecule has 2 atom stereocenters. The molecular formula is C48H90N2O5. The van der Waals surface area contributed by atoms with E-state index >= 15 is 0 Å². The van der Waals surface area contributed by atoms with Gasteiger partial charge in [0, 0.05) is 39.0 Å². The first-order chi connectivity index (χ1) is 27.0. The van der Waals surface area contributed by atoms with E-state index in [1.807, 2.05) is 6.08 Å². The third-order valence-electron chi connectivity index (χ3n) is 11.7. The summed E-state index contributed by atoms with van der Waals surface area (Å²) in [5.74, 6) is -0.0172. The molecule has 2 rings (SSSR count). The van der Waals surface area contributed by atoms with Gasteiger partial charge in [0.25, 0.3) is 0 Å². The van der Waals surface area contributed by atoms with E-state index in [9.17, 15) is 9.59 Å². The van der Waals surface area contributed by atoms with Gasteiger partial charge >= 0.3 is 11.9 Å². The van der Waals surface area contributed by atoms with Crippen LogP contribution in [0.15, 0.2) is 12.2 Å². The van der Waals surface area contributed by atoms with Crippen molar-refractivity contribution in [1.29, 1.82) is 0 Å². The Hall–Kier alpha value is -1.44. The van der Waals surface area contributed by atoms with Crippen LogP contribution in [0.1, 0.15) is 220 Å². The van der Waals surface area contributed by atoms with Crippen molar-refractivity contribution in [2.45, 2.75) is 238 Å². The molecule has 7 heteroatoms. The second-order valence-electron chi connectivity index (χ2n) is 17.2. The molecule has 55 heavy (non-hydrogen) atoms. The summed E-state index contributed by atoms with van der Waals surface area (Å²) in [4.78, 5) is 30.0. The molecule has 0 aromatic rings. The van der Waals surface area contributed by atoms with Crippen LogP contribution < -0.4 is 0 Å². The Kier molecular flexibility index (Phi) is 32.3. The quantitative estimate of drug-likeness (QED) is 0.0351. The molecule has 2 bridgehead atoms. The van der Waals surface area contributed by atoms with E-state index < -0.39 is 0 Å². The molecule has 0 spiro atoms. The molecule has 322 valence electrons. The first kappa shape index (κ1) is 49.7. The largest absolute Gasteiger partial charge is 0.462 e. The summed E-state index contributed by atoms with van der Waals surface area (Å²) < 4.78 is 17.7. The second-order valence-corrected chi connectivity index (χ2v) is 17.2. The van der Waals surface area contributed by atoms with E-state index in [0.717, 1.165) is 77.7 Å². The normalized spacial score (nSPS) is 17.7. The van der Waals surface area contributed by atoms with E-state index in [1.165, 1.54) is 148 Å². The second kappa shape index (κ2) is 35.7. The maximum atomic E-state index is 12.8. The van der Waals surface area contributed by atoms with Gasteiger partial charge in [-0.05, 0) is 77.3 Å². The van der Waals surface area contributed by atoms with Crippen LogP contribution >= 0.6 is 0 Å². The minimum atomic E-state index is -0.0562. The van der Waals surface area contributed by atoms with Gasteiger partial charge in [0.2, 0.25) is 0 Å². The number of fused-ring (bicyclic) bond motifs is 2. The Bertz CT molecular complexity index is 898. The van der Waals surface area contributed by atoms with Crippen LogP contribution in [0.5, 0.6) is 0 Å². The number of ether oxygens (including phenoxy) is 3. The number of allylic oxidation sites excluding steroid dienone is 1. The third kappa shape index (κ3) is 28.6. The van der Waals surface area contributed by atoms with Crippen LogP contribution in [-0.2, 0) is 23.8 Å².